The predicted octanol–water partition coefficient (Wildman–Crippen LogP) is 3.13. The summed E-state index contributed by atoms with van der Waals surface area (Å²) in [5.74, 6) is 1.99. The molecule has 0 unspecified atom stereocenters. The van der Waals surface area contributed by atoms with Crippen LogP contribution in [0.4, 0.5) is 0 Å². The Balaban J connectivity index is 1.55. The molecular formula is C16H27N3. The smallest absolute Gasteiger partial charge is 0.0537 e. The second-order valence-electron chi connectivity index (χ2n) is 6.56. The van der Waals surface area contributed by atoms with E-state index in [1.165, 1.54) is 62.9 Å². The average Bonchev–Trinajstić information content (AvgIpc) is 3.02. The molecule has 1 aliphatic carbocycles. The van der Waals surface area contributed by atoms with E-state index in [1.54, 1.807) is 0 Å². The molecule has 0 spiro atoms. The van der Waals surface area contributed by atoms with Gasteiger partial charge in [0.05, 0.1) is 6.20 Å². The van der Waals surface area contributed by atoms with Crippen molar-refractivity contribution in [2.45, 2.75) is 52.0 Å². The molecule has 0 amide bonds. The van der Waals surface area contributed by atoms with Crippen LogP contribution < -0.4 is 0 Å². The molecule has 106 valence electrons. The van der Waals surface area contributed by atoms with E-state index in [2.05, 4.69) is 16.9 Å². The number of nitrogens with zero attached hydrogens (tertiary/aromatic N) is 3. The maximum Gasteiger partial charge on any atom is 0.0537 e. The highest BCUT2D eigenvalue weighted by Crippen LogP contribution is 2.35. The topological polar surface area (TPSA) is 21.1 Å². The molecule has 0 radical (unpaired) electrons. The first-order valence-electron chi connectivity index (χ1n) is 7.94. The van der Waals surface area contributed by atoms with E-state index in [0.29, 0.717) is 0 Å². The maximum absolute atomic E-state index is 4.36. The highest BCUT2D eigenvalue weighted by molar-refractivity contribution is 5.15. The second-order valence-corrected chi connectivity index (χ2v) is 6.56. The first-order valence-corrected chi connectivity index (χ1v) is 7.94. The van der Waals surface area contributed by atoms with Crippen LogP contribution in [-0.4, -0.2) is 27.8 Å². The van der Waals surface area contributed by atoms with E-state index in [9.17, 15) is 0 Å². The fraction of sp³-hybridized carbons (Fsp3) is 0.812. The van der Waals surface area contributed by atoms with Gasteiger partial charge >= 0.3 is 0 Å². The molecule has 3 rings (SSSR count). The van der Waals surface area contributed by atoms with Gasteiger partial charge in [-0.05, 0) is 31.7 Å². The van der Waals surface area contributed by atoms with Crippen LogP contribution in [0.2, 0.25) is 0 Å². The molecule has 3 heteroatoms. The zero-order chi connectivity index (χ0) is 13.2. The van der Waals surface area contributed by atoms with Crippen LogP contribution >= 0.6 is 0 Å². The predicted molar refractivity (Wildman–Crippen MR) is 77.9 cm³/mol. The van der Waals surface area contributed by atoms with E-state index >= 15 is 0 Å². The number of aromatic nitrogens is 2. The molecule has 2 fully saturated rings. The van der Waals surface area contributed by atoms with E-state index < -0.39 is 0 Å². The standard InChI is InChI=1S/C16H27N3/c1-13-16(10-17-18(13)2)12-19-9-8-15(11-19)14-6-4-3-5-7-14/h10,14-15H,3-9,11-12H2,1-2H3/t15-/m1/s1. The third-order valence-electron chi connectivity index (χ3n) is 5.36. The summed E-state index contributed by atoms with van der Waals surface area (Å²) in [5, 5.41) is 4.36. The minimum absolute atomic E-state index is 0.970. The first kappa shape index (κ1) is 13.2. The van der Waals surface area contributed by atoms with Crippen LogP contribution in [0.1, 0.15) is 49.8 Å². The minimum atomic E-state index is 0.970. The van der Waals surface area contributed by atoms with Gasteiger partial charge in [-0.3, -0.25) is 9.58 Å². The molecule has 1 atom stereocenters. The molecule has 0 N–H and O–H groups in total. The van der Waals surface area contributed by atoms with E-state index in [4.69, 9.17) is 0 Å². The van der Waals surface area contributed by atoms with E-state index in [-0.39, 0.29) is 0 Å². The fourth-order valence-corrected chi connectivity index (χ4v) is 3.94. The Morgan fingerprint density at radius 2 is 1.95 bits per heavy atom. The van der Waals surface area contributed by atoms with Crippen molar-refractivity contribution < 1.29 is 0 Å². The number of hydrogen-bond acceptors (Lipinski definition) is 2. The highest BCUT2D eigenvalue weighted by atomic mass is 15.3. The molecular weight excluding hydrogens is 234 g/mol. The van der Waals surface area contributed by atoms with Gasteiger partial charge in [-0.1, -0.05) is 32.1 Å². The molecule has 1 saturated carbocycles. The Hall–Kier alpha value is -0.830. The first-order chi connectivity index (χ1) is 9.24. The molecule has 1 aromatic heterocycles. The Morgan fingerprint density at radius 3 is 2.63 bits per heavy atom. The zero-order valence-corrected chi connectivity index (χ0v) is 12.4. The Kier molecular flexibility index (Phi) is 3.92. The molecule has 19 heavy (non-hydrogen) atoms. The van der Waals surface area contributed by atoms with E-state index in [0.717, 1.165) is 18.4 Å². The summed E-state index contributed by atoms with van der Waals surface area (Å²) in [5.41, 5.74) is 2.73. The van der Waals surface area contributed by atoms with Gasteiger partial charge in [0.25, 0.3) is 0 Å². The zero-order valence-electron chi connectivity index (χ0n) is 12.4. The van der Waals surface area contributed by atoms with Crippen molar-refractivity contribution >= 4 is 0 Å². The van der Waals surface area contributed by atoms with Crippen molar-refractivity contribution in [1.82, 2.24) is 14.7 Å². The Bertz CT molecular complexity index is 418. The average molecular weight is 261 g/mol. The molecule has 2 aliphatic rings. The third-order valence-corrected chi connectivity index (χ3v) is 5.36. The van der Waals surface area contributed by atoms with Crippen molar-refractivity contribution in [1.29, 1.82) is 0 Å². The van der Waals surface area contributed by atoms with Gasteiger partial charge < -0.3 is 0 Å². The summed E-state index contributed by atoms with van der Waals surface area (Å²) >= 11 is 0. The third kappa shape index (κ3) is 2.86. The Morgan fingerprint density at radius 1 is 1.16 bits per heavy atom. The van der Waals surface area contributed by atoms with Gasteiger partial charge in [0.15, 0.2) is 0 Å². The van der Waals surface area contributed by atoms with Crippen LogP contribution in [0.15, 0.2) is 6.20 Å². The fourth-order valence-electron chi connectivity index (χ4n) is 3.94. The lowest BCUT2D eigenvalue weighted by atomic mass is 9.80. The van der Waals surface area contributed by atoms with Gasteiger partial charge in [0, 0.05) is 31.4 Å². The molecule has 0 aromatic carbocycles. The van der Waals surface area contributed by atoms with Crippen molar-refractivity contribution in [2.24, 2.45) is 18.9 Å². The maximum atomic E-state index is 4.36. The van der Waals surface area contributed by atoms with Crippen molar-refractivity contribution in [2.75, 3.05) is 13.1 Å². The number of aryl methyl sites for hydroxylation is 1. The van der Waals surface area contributed by atoms with Gasteiger partial charge in [-0.25, -0.2) is 0 Å². The quantitative estimate of drug-likeness (QED) is 0.833. The minimum Gasteiger partial charge on any atom is -0.299 e. The lowest BCUT2D eigenvalue weighted by molar-refractivity contribution is 0.234. The lowest BCUT2D eigenvalue weighted by Gasteiger charge is -2.27. The van der Waals surface area contributed by atoms with E-state index in [1.807, 2.05) is 17.9 Å². The molecule has 0 bridgehead atoms. The summed E-state index contributed by atoms with van der Waals surface area (Å²) in [6.45, 7) is 5.88. The van der Waals surface area contributed by atoms with Gasteiger partial charge in [-0.15, -0.1) is 0 Å². The molecule has 1 saturated heterocycles. The van der Waals surface area contributed by atoms with Gasteiger partial charge in [0.1, 0.15) is 0 Å². The van der Waals surface area contributed by atoms with Crippen LogP contribution in [-0.2, 0) is 13.6 Å². The molecule has 2 heterocycles. The van der Waals surface area contributed by atoms with Crippen LogP contribution in [0, 0.1) is 18.8 Å². The van der Waals surface area contributed by atoms with Crippen LogP contribution in [0.3, 0.4) is 0 Å². The van der Waals surface area contributed by atoms with Crippen LogP contribution in [0.5, 0.6) is 0 Å². The SMILES string of the molecule is Cc1c(CN2CC[C@@H](C3CCCCC3)C2)cnn1C. The summed E-state index contributed by atoms with van der Waals surface area (Å²) in [6, 6.07) is 0. The highest BCUT2D eigenvalue weighted by Gasteiger charge is 2.30. The monoisotopic (exact) mass is 261 g/mol. The lowest BCUT2D eigenvalue weighted by Crippen LogP contribution is -2.24. The van der Waals surface area contributed by atoms with Crippen molar-refractivity contribution in [3.8, 4) is 0 Å². The Labute approximate surface area is 117 Å². The molecule has 3 nitrogen and oxygen atoms in total. The van der Waals surface area contributed by atoms with Crippen molar-refractivity contribution in [3.05, 3.63) is 17.5 Å². The molecule has 1 aliphatic heterocycles. The number of hydrogen-bond donors (Lipinski definition) is 0. The van der Waals surface area contributed by atoms with Crippen LogP contribution in [0.25, 0.3) is 0 Å². The summed E-state index contributed by atoms with van der Waals surface area (Å²) < 4.78 is 1.99. The second kappa shape index (κ2) is 5.66. The summed E-state index contributed by atoms with van der Waals surface area (Å²) in [4.78, 5) is 2.64. The number of rotatable bonds is 3. The largest absolute Gasteiger partial charge is 0.299 e. The van der Waals surface area contributed by atoms with Crippen molar-refractivity contribution in [3.63, 3.8) is 0 Å². The van der Waals surface area contributed by atoms with Gasteiger partial charge in [-0.2, -0.15) is 5.10 Å². The number of likely N-dealkylation sites (tertiary alicyclic amines) is 1. The molecule has 1 aromatic rings. The summed E-state index contributed by atoms with van der Waals surface area (Å²) in [6.07, 6.45) is 10.9. The van der Waals surface area contributed by atoms with Gasteiger partial charge in [0.2, 0.25) is 0 Å². The summed E-state index contributed by atoms with van der Waals surface area (Å²) in [7, 11) is 2.04. The normalized spacial score (nSPS) is 26.1.